The molecule has 32 heavy (non-hydrogen) atoms. The molecule has 1 aromatic carbocycles. The number of amides is 1. The molecule has 0 bridgehead atoms. The van der Waals surface area contributed by atoms with Gasteiger partial charge in [0.05, 0.1) is 24.2 Å². The van der Waals surface area contributed by atoms with E-state index in [1.807, 2.05) is 9.80 Å². The third kappa shape index (κ3) is 3.84. The fraction of sp³-hybridized carbons (Fsp3) is 0.458. The van der Waals surface area contributed by atoms with Crippen molar-refractivity contribution >= 4 is 17.9 Å². The van der Waals surface area contributed by atoms with Crippen molar-refractivity contribution in [3.8, 4) is 0 Å². The van der Waals surface area contributed by atoms with Crippen LogP contribution in [0, 0.1) is 5.41 Å². The topological polar surface area (TPSA) is 93.0 Å². The van der Waals surface area contributed by atoms with Crippen molar-refractivity contribution < 1.29 is 15.0 Å². The van der Waals surface area contributed by atoms with E-state index >= 15 is 0 Å². The molecule has 0 saturated carbocycles. The zero-order chi connectivity index (χ0) is 22.1. The van der Waals surface area contributed by atoms with E-state index in [2.05, 4.69) is 51.4 Å². The fourth-order valence-corrected chi connectivity index (χ4v) is 4.85. The minimum Gasteiger partial charge on any atom is -0.396 e. The van der Waals surface area contributed by atoms with Crippen molar-refractivity contribution in [2.45, 2.75) is 25.4 Å². The number of benzene rings is 1. The van der Waals surface area contributed by atoms with Gasteiger partial charge in [-0.15, -0.1) is 0 Å². The first kappa shape index (κ1) is 20.9. The zero-order valence-corrected chi connectivity index (χ0v) is 18.1. The highest BCUT2D eigenvalue weighted by Gasteiger charge is 2.43. The van der Waals surface area contributed by atoms with Gasteiger partial charge in [0, 0.05) is 57.4 Å². The van der Waals surface area contributed by atoms with Gasteiger partial charge in [0.2, 0.25) is 5.95 Å². The molecule has 2 N–H and O–H groups in total. The van der Waals surface area contributed by atoms with Crippen LogP contribution in [0.5, 0.6) is 0 Å². The Kier molecular flexibility index (Phi) is 5.57. The van der Waals surface area contributed by atoms with Gasteiger partial charge in [0.25, 0.3) is 5.91 Å². The largest absolute Gasteiger partial charge is 0.396 e. The standard InChI is InChI=1S/C24H29N5O3/c30-16-24(17-31)14-29(15-24)23-25-11-20(12-26-23)22(32)27-9-6-21(7-10-27)28-8-5-18-3-1-2-4-19(18)13-28/h1-5,8,11-12,21,30-31H,6-7,9-10,13-17H2. The SMILES string of the molecule is O=C(c1cnc(N2CC(CO)(CO)C2)nc1)N1CCC(N2C=Cc3ccccc3C2)CC1. The van der Waals surface area contributed by atoms with Crippen LogP contribution in [-0.2, 0) is 6.54 Å². The van der Waals surface area contributed by atoms with Crippen LogP contribution in [0.15, 0.2) is 42.9 Å². The number of carbonyl (C=O) groups excluding carboxylic acids is 1. The van der Waals surface area contributed by atoms with Gasteiger partial charge in [-0.2, -0.15) is 0 Å². The molecule has 0 spiro atoms. The number of aliphatic hydroxyl groups is 2. The highest BCUT2D eigenvalue weighted by atomic mass is 16.3. The summed E-state index contributed by atoms with van der Waals surface area (Å²) >= 11 is 0. The lowest BCUT2D eigenvalue weighted by Crippen LogP contribution is -2.61. The van der Waals surface area contributed by atoms with Crippen molar-refractivity contribution in [1.29, 1.82) is 0 Å². The molecule has 0 atom stereocenters. The van der Waals surface area contributed by atoms with Crippen molar-refractivity contribution in [1.82, 2.24) is 19.8 Å². The Hall–Kier alpha value is -2.97. The van der Waals surface area contributed by atoms with E-state index in [1.165, 1.54) is 11.1 Å². The maximum absolute atomic E-state index is 12.9. The Morgan fingerprint density at radius 3 is 2.44 bits per heavy atom. The molecule has 2 saturated heterocycles. The number of anilines is 1. The number of aromatic nitrogens is 2. The summed E-state index contributed by atoms with van der Waals surface area (Å²) in [7, 11) is 0. The molecule has 0 radical (unpaired) electrons. The number of fused-ring (bicyclic) bond motifs is 1. The van der Waals surface area contributed by atoms with Crippen molar-refractivity contribution in [2.24, 2.45) is 5.41 Å². The second-order valence-corrected chi connectivity index (χ2v) is 9.15. The van der Waals surface area contributed by atoms with Gasteiger partial charge >= 0.3 is 0 Å². The van der Waals surface area contributed by atoms with Crippen molar-refractivity contribution in [3.05, 3.63) is 59.5 Å². The quantitative estimate of drug-likeness (QED) is 0.733. The number of carbonyl (C=O) groups is 1. The lowest BCUT2D eigenvalue weighted by molar-refractivity contribution is 0.0297. The van der Waals surface area contributed by atoms with Crippen molar-refractivity contribution in [3.63, 3.8) is 0 Å². The van der Waals surface area contributed by atoms with E-state index in [-0.39, 0.29) is 19.1 Å². The zero-order valence-electron chi connectivity index (χ0n) is 18.1. The lowest BCUT2D eigenvalue weighted by Gasteiger charge is -2.48. The third-order valence-electron chi connectivity index (χ3n) is 6.97. The van der Waals surface area contributed by atoms with Crippen LogP contribution in [0.2, 0.25) is 0 Å². The van der Waals surface area contributed by atoms with E-state index in [4.69, 9.17) is 0 Å². The van der Waals surface area contributed by atoms with Crippen LogP contribution in [-0.4, -0.2) is 81.3 Å². The van der Waals surface area contributed by atoms with Crippen LogP contribution in [0.25, 0.3) is 6.08 Å². The van der Waals surface area contributed by atoms with E-state index in [9.17, 15) is 15.0 Å². The van der Waals surface area contributed by atoms with Gasteiger partial charge in [-0.1, -0.05) is 24.3 Å². The number of aliphatic hydroxyl groups excluding tert-OH is 2. The molecular formula is C24H29N5O3. The van der Waals surface area contributed by atoms with Gasteiger partial charge in [-0.05, 0) is 30.0 Å². The number of nitrogens with zero attached hydrogens (tertiary/aromatic N) is 5. The molecule has 2 aromatic rings. The number of piperidine rings is 1. The van der Waals surface area contributed by atoms with Gasteiger partial charge in [-0.25, -0.2) is 9.97 Å². The summed E-state index contributed by atoms with van der Waals surface area (Å²) in [6.07, 6.45) is 9.41. The fourth-order valence-electron chi connectivity index (χ4n) is 4.85. The Bertz CT molecular complexity index is 989. The summed E-state index contributed by atoms with van der Waals surface area (Å²) < 4.78 is 0. The Morgan fingerprint density at radius 1 is 1.06 bits per heavy atom. The average molecular weight is 436 g/mol. The first-order chi connectivity index (χ1) is 15.6. The smallest absolute Gasteiger partial charge is 0.256 e. The second kappa shape index (κ2) is 8.52. The van der Waals surface area contributed by atoms with E-state index in [0.29, 0.717) is 30.6 Å². The molecule has 168 valence electrons. The second-order valence-electron chi connectivity index (χ2n) is 9.15. The van der Waals surface area contributed by atoms with Gasteiger partial charge < -0.3 is 24.9 Å². The van der Waals surface area contributed by atoms with Gasteiger partial charge in [0.15, 0.2) is 0 Å². The minimum absolute atomic E-state index is 0.0294. The molecular weight excluding hydrogens is 406 g/mol. The van der Waals surface area contributed by atoms with E-state index in [0.717, 1.165) is 32.5 Å². The van der Waals surface area contributed by atoms with Crippen LogP contribution in [0.1, 0.15) is 34.3 Å². The highest BCUT2D eigenvalue weighted by Crippen LogP contribution is 2.32. The highest BCUT2D eigenvalue weighted by molar-refractivity contribution is 5.93. The maximum atomic E-state index is 12.9. The van der Waals surface area contributed by atoms with Gasteiger partial charge in [0.1, 0.15) is 0 Å². The molecule has 3 aliphatic rings. The molecule has 8 heteroatoms. The monoisotopic (exact) mass is 435 g/mol. The summed E-state index contributed by atoms with van der Waals surface area (Å²) in [6, 6.07) is 8.92. The summed E-state index contributed by atoms with van der Waals surface area (Å²) in [5.74, 6) is 0.494. The van der Waals surface area contributed by atoms with Crippen LogP contribution in [0.3, 0.4) is 0 Å². The third-order valence-corrected chi connectivity index (χ3v) is 6.97. The molecule has 8 nitrogen and oxygen atoms in total. The molecule has 0 unspecified atom stereocenters. The Labute approximate surface area is 187 Å². The minimum atomic E-state index is -0.478. The summed E-state index contributed by atoms with van der Waals surface area (Å²) in [5, 5.41) is 18.8. The van der Waals surface area contributed by atoms with Crippen LogP contribution >= 0.6 is 0 Å². The average Bonchev–Trinajstić information content (AvgIpc) is 2.84. The summed E-state index contributed by atoms with van der Waals surface area (Å²) in [6.45, 7) is 3.26. The number of hydrogen-bond acceptors (Lipinski definition) is 7. The normalized spacial score (nSPS) is 20.1. The molecule has 5 rings (SSSR count). The first-order valence-electron chi connectivity index (χ1n) is 11.2. The molecule has 4 heterocycles. The molecule has 1 amide bonds. The lowest BCUT2D eigenvalue weighted by atomic mass is 9.82. The van der Waals surface area contributed by atoms with Crippen LogP contribution in [0.4, 0.5) is 5.95 Å². The van der Waals surface area contributed by atoms with Crippen LogP contribution < -0.4 is 4.90 Å². The molecule has 2 fully saturated rings. The maximum Gasteiger partial charge on any atom is 0.256 e. The number of hydrogen-bond donors (Lipinski definition) is 2. The van der Waals surface area contributed by atoms with E-state index in [1.54, 1.807) is 12.4 Å². The molecule has 3 aliphatic heterocycles. The summed E-state index contributed by atoms with van der Waals surface area (Å²) in [5.41, 5.74) is 2.66. The predicted octanol–water partition coefficient (Wildman–Crippen LogP) is 1.36. The van der Waals surface area contributed by atoms with Gasteiger partial charge in [-0.3, -0.25) is 4.79 Å². The predicted molar refractivity (Wildman–Crippen MR) is 121 cm³/mol. The number of rotatable bonds is 5. The first-order valence-corrected chi connectivity index (χ1v) is 11.2. The van der Waals surface area contributed by atoms with Crippen molar-refractivity contribution in [2.75, 3.05) is 44.3 Å². The Morgan fingerprint density at radius 2 is 1.75 bits per heavy atom. The molecule has 1 aromatic heterocycles. The number of likely N-dealkylation sites (tertiary alicyclic amines) is 1. The van der Waals surface area contributed by atoms with E-state index < -0.39 is 5.41 Å². The Balaban J connectivity index is 1.15. The summed E-state index contributed by atoms with van der Waals surface area (Å²) in [4.78, 5) is 27.8. The molecule has 0 aliphatic carbocycles.